The van der Waals surface area contributed by atoms with Gasteiger partial charge in [0.05, 0.1) is 13.1 Å². The van der Waals surface area contributed by atoms with Gasteiger partial charge in [-0.2, -0.15) is 0 Å². The molecule has 2 aromatic rings. The molecule has 2 fully saturated rings. The molecule has 36 heavy (non-hydrogen) atoms. The third-order valence-electron chi connectivity index (χ3n) is 6.84. The number of amides is 4. The molecular weight excluding hydrogens is 478 g/mol. The van der Waals surface area contributed by atoms with E-state index in [1.165, 1.54) is 0 Å². The van der Waals surface area contributed by atoms with Crippen LogP contribution in [-0.4, -0.2) is 69.5 Å². The SMILES string of the molecule is CCCC[C@H]1C(=O)N(Cc2ccccc2Cl)C[C@H]2N1C(=O)CN(CC)N2C(=O)NCc1ccccc1. The maximum atomic E-state index is 13.6. The molecule has 9 heteroatoms. The van der Waals surface area contributed by atoms with Gasteiger partial charge in [-0.1, -0.05) is 86.8 Å². The van der Waals surface area contributed by atoms with Crippen molar-refractivity contribution in [2.24, 2.45) is 0 Å². The summed E-state index contributed by atoms with van der Waals surface area (Å²) < 4.78 is 0. The van der Waals surface area contributed by atoms with Gasteiger partial charge in [0.25, 0.3) is 0 Å². The van der Waals surface area contributed by atoms with Crippen molar-refractivity contribution < 1.29 is 14.4 Å². The summed E-state index contributed by atoms with van der Waals surface area (Å²) in [5.41, 5.74) is 1.82. The number of halogens is 1. The molecule has 0 saturated carbocycles. The van der Waals surface area contributed by atoms with Crippen LogP contribution in [0.5, 0.6) is 0 Å². The van der Waals surface area contributed by atoms with Crippen molar-refractivity contribution in [2.45, 2.75) is 58.4 Å². The highest BCUT2D eigenvalue weighted by atomic mass is 35.5. The van der Waals surface area contributed by atoms with Gasteiger partial charge in [-0.05, 0) is 23.6 Å². The predicted octanol–water partition coefficient (Wildman–Crippen LogP) is 3.86. The minimum Gasteiger partial charge on any atom is -0.333 e. The summed E-state index contributed by atoms with van der Waals surface area (Å²) in [6.45, 7) is 5.45. The average Bonchev–Trinajstić information content (AvgIpc) is 2.89. The number of fused-ring (bicyclic) bond motifs is 1. The highest BCUT2D eigenvalue weighted by Gasteiger charge is 2.50. The largest absolute Gasteiger partial charge is 0.334 e. The van der Waals surface area contributed by atoms with E-state index in [1.54, 1.807) is 25.9 Å². The summed E-state index contributed by atoms with van der Waals surface area (Å²) in [6, 6.07) is 16.3. The Morgan fingerprint density at radius 2 is 1.78 bits per heavy atom. The van der Waals surface area contributed by atoms with E-state index in [4.69, 9.17) is 11.6 Å². The lowest BCUT2D eigenvalue weighted by atomic mass is 10.0. The molecule has 2 aliphatic rings. The Bertz CT molecular complexity index is 1080. The Morgan fingerprint density at radius 1 is 1.06 bits per heavy atom. The Hall–Kier alpha value is -3.10. The van der Waals surface area contributed by atoms with Crippen molar-refractivity contribution in [2.75, 3.05) is 19.6 Å². The molecule has 0 spiro atoms. The second-order valence-electron chi connectivity index (χ2n) is 9.22. The molecule has 0 aliphatic carbocycles. The molecule has 0 aromatic heterocycles. The Labute approximate surface area is 217 Å². The van der Waals surface area contributed by atoms with Gasteiger partial charge in [0.15, 0.2) is 0 Å². The first-order valence-electron chi connectivity index (χ1n) is 12.6. The molecule has 2 aliphatic heterocycles. The first kappa shape index (κ1) is 26.0. The number of nitrogens with zero attached hydrogens (tertiary/aromatic N) is 4. The third kappa shape index (κ3) is 5.50. The van der Waals surface area contributed by atoms with E-state index in [9.17, 15) is 14.4 Å². The Morgan fingerprint density at radius 3 is 2.47 bits per heavy atom. The lowest BCUT2D eigenvalue weighted by Crippen LogP contribution is -2.76. The van der Waals surface area contributed by atoms with Crippen molar-refractivity contribution >= 4 is 29.4 Å². The number of likely N-dealkylation sites (N-methyl/N-ethyl adjacent to an activating group) is 1. The monoisotopic (exact) mass is 511 g/mol. The normalized spacial score (nSPS) is 20.5. The van der Waals surface area contributed by atoms with E-state index in [1.807, 2.05) is 55.5 Å². The summed E-state index contributed by atoms with van der Waals surface area (Å²) >= 11 is 6.41. The number of piperazine rings is 1. The topological polar surface area (TPSA) is 76.2 Å². The summed E-state index contributed by atoms with van der Waals surface area (Å²) in [5, 5.41) is 7.00. The van der Waals surface area contributed by atoms with Crippen LogP contribution in [0.15, 0.2) is 54.6 Å². The zero-order chi connectivity index (χ0) is 25.7. The number of hydrogen-bond donors (Lipinski definition) is 1. The molecule has 2 atom stereocenters. The number of carbonyl (C=O) groups is 3. The zero-order valence-electron chi connectivity index (χ0n) is 20.9. The van der Waals surface area contributed by atoms with Crippen molar-refractivity contribution in [1.82, 2.24) is 25.1 Å². The number of hydrazine groups is 1. The number of carbonyl (C=O) groups excluding carboxylic acids is 3. The lowest BCUT2D eigenvalue weighted by molar-refractivity contribution is -0.190. The van der Waals surface area contributed by atoms with Crippen LogP contribution in [0.1, 0.15) is 44.2 Å². The molecule has 8 nitrogen and oxygen atoms in total. The van der Waals surface area contributed by atoms with E-state index in [2.05, 4.69) is 12.2 Å². The molecule has 0 radical (unpaired) electrons. The standard InChI is InChI=1S/C27H34ClN5O3/c1-3-5-15-23-26(35)30(17-21-13-9-10-14-22(21)28)18-24-32(23)25(34)19-31(4-2)33(24)27(36)29-16-20-11-7-6-8-12-20/h6-14,23-24H,3-5,15-19H2,1-2H3,(H,29,36)/t23-,24-/m0/s1. The molecule has 4 rings (SSSR count). The smallest absolute Gasteiger partial charge is 0.333 e. The van der Waals surface area contributed by atoms with E-state index < -0.39 is 12.2 Å². The molecule has 1 N–H and O–H groups in total. The summed E-state index contributed by atoms with van der Waals surface area (Å²) in [6.07, 6.45) is 1.68. The molecule has 2 saturated heterocycles. The van der Waals surface area contributed by atoms with Crippen molar-refractivity contribution in [3.05, 3.63) is 70.7 Å². The lowest BCUT2D eigenvalue weighted by Gasteiger charge is -2.55. The summed E-state index contributed by atoms with van der Waals surface area (Å²) in [7, 11) is 0. The molecule has 0 unspecified atom stereocenters. The third-order valence-corrected chi connectivity index (χ3v) is 7.21. The number of nitrogens with one attached hydrogen (secondary N) is 1. The second kappa shape index (κ2) is 11.8. The quantitative estimate of drug-likeness (QED) is 0.584. The molecule has 192 valence electrons. The maximum Gasteiger partial charge on any atom is 0.334 e. The van der Waals surface area contributed by atoms with E-state index in [0.717, 1.165) is 24.0 Å². The van der Waals surface area contributed by atoms with E-state index in [-0.39, 0.29) is 30.9 Å². The van der Waals surface area contributed by atoms with Gasteiger partial charge >= 0.3 is 6.03 Å². The van der Waals surface area contributed by atoms with Crippen LogP contribution in [-0.2, 0) is 22.7 Å². The Kier molecular flexibility index (Phi) is 8.48. The van der Waals surface area contributed by atoms with Gasteiger partial charge in [-0.25, -0.2) is 14.8 Å². The van der Waals surface area contributed by atoms with Gasteiger partial charge in [0, 0.05) is 24.7 Å². The minimum atomic E-state index is -0.609. The molecule has 2 aromatic carbocycles. The number of urea groups is 1. The van der Waals surface area contributed by atoms with Crippen molar-refractivity contribution in [1.29, 1.82) is 0 Å². The maximum absolute atomic E-state index is 13.6. The van der Waals surface area contributed by atoms with Crippen LogP contribution in [0.2, 0.25) is 5.02 Å². The van der Waals surface area contributed by atoms with Crippen molar-refractivity contribution in [3.63, 3.8) is 0 Å². The van der Waals surface area contributed by atoms with Crippen molar-refractivity contribution in [3.8, 4) is 0 Å². The highest BCUT2D eigenvalue weighted by molar-refractivity contribution is 6.31. The average molecular weight is 512 g/mol. The Balaban J connectivity index is 1.63. The van der Waals surface area contributed by atoms with Gasteiger partial charge in [0.2, 0.25) is 11.8 Å². The van der Waals surface area contributed by atoms with E-state index >= 15 is 0 Å². The van der Waals surface area contributed by atoms with Gasteiger partial charge < -0.3 is 15.1 Å². The zero-order valence-corrected chi connectivity index (χ0v) is 21.7. The fraction of sp³-hybridized carbons (Fsp3) is 0.444. The molecule has 4 amide bonds. The first-order chi connectivity index (χ1) is 17.4. The van der Waals surface area contributed by atoms with Crippen LogP contribution >= 0.6 is 11.6 Å². The molecule has 2 heterocycles. The molecular formula is C27H34ClN5O3. The van der Waals surface area contributed by atoms with Gasteiger partial charge in [0.1, 0.15) is 12.2 Å². The number of benzene rings is 2. The summed E-state index contributed by atoms with van der Waals surface area (Å²) in [5.74, 6) is -0.219. The fourth-order valence-corrected chi connectivity index (χ4v) is 5.16. The van der Waals surface area contributed by atoms with E-state index in [0.29, 0.717) is 31.1 Å². The van der Waals surface area contributed by atoms with Crippen LogP contribution in [0, 0.1) is 0 Å². The predicted molar refractivity (Wildman–Crippen MR) is 139 cm³/mol. The van der Waals surface area contributed by atoms with Crippen LogP contribution in [0.3, 0.4) is 0 Å². The highest BCUT2D eigenvalue weighted by Crippen LogP contribution is 2.30. The fourth-order valence-electron chi connectivity index (χ4n) is 4.97. The van der Waals surface area contributed by atoms with Crippen LogP contribution < -0.4 is 5.32 Å². The second-order valence-corrected chi connectivity index (χ2v) is 9.63. The number of unbranched alkanes of at least 4 members (excludes halogenated alkanes) is 1. The molecule has 0 bridgehead atoms. The van der Waals surface area contributed by atoms with Gasteiger partial charge in [-0.3, -0.25) is 9.59 Å². The van der Waals surface area contributed by atoms with Crippen LogP contribution in [0.4, 0.5) is 4.79 Å². The van der Waals surface area contributed by atoms with Crippen LogP contribution in [0.25, 0.3) is 0 Å². The number of rotatable bonds is 8. The minimum absolute atomic E-state index is 0.0617. The summed E-state index contributed by atoms with van der Waals surface area (Å²) in [4.78, 5) is 43.9. The number of hydrogen-bond acceptors (Lipinski definition) is 4. The van der Waals surface area contributed by atoms with Gasteiger partial charge in [-0.15, -0.1) is 0 Å². The first-order valence-corrected chi connectivity index (χ1v) is 13.0.